The highest BCUT2D eigenvalue weighted by atomic mass is 16.5. The van der Waals surface area contributed by atoms with Gasteiger partial charge >= 0.3 is 0 Å². The molecule has 0 atom stereocenters. The summed E-state index contributed by atoms with van der Waals surface area (Å²) in [6, 6.07) is 27.3. The number of rotatable bonds is 6. The third kappa shape index (κ3) is 3.99. The molecule has 0 saturated heterocycles. The van der Waals surface area contributed by atoms with E-state index in [1.807, 2.05) is 12.1 Å². The summed E-state index contributed by atoms with van der Waals surface area (Å²) >= 11 is 0. The van der Waals surface area contributed by atoms with Crippen LogP contribution in [0.1, 0.15) is 22.3 Å². The Morgan fingerprint density at radius 3 is 2.06 bits per heavy atom. The Kier molecular flexibility index (Phi) is 5.94. The predicted molar refractivity (Wildman–Crippen MR) is 128 cm³/mol. The largest absolute Gasteiger partial charge is 0.493 e. The molecule has 0 amide bonds. The Bertz CT molecular complexity index is 1230. The summed E-state index contributed by atoms with van der Waals surface area (Å²) in [5.41, 5.74) is 5.47. The monoisotopic (exact) mass is 410 g/mol. The zero-order chi connectivity index (χ0) is 21.8. The van der Waals surface area contributed by atoms with E-state index in [9.17, 15) is 0 Å². The maximum atomic E-state index is 5.84. The Balaban J connectivity index is 2.04. The second-order valence-corrected chi connectivity index (χ2v) is 7.38. The van der Waals surface area contributed by atoms with Gasteiger partial charge in [-0.15, -0.1) is 0 Å². The third-order valence-corrected chi connectivity index (χ3v) is 5.46. The number of hydrogen-bond donors (Lipinski definition) is 0. The molecule has 0 N–H and O–H groups in total. The van der Waals surface area contributed by atoms with Gasteiger partial charge in [-0.05, 0) is 52.6 Å². The lowest BCUT2D eigenvalue weighted by atomic mass is 9.90. The van der Waals surface area contributed by atoms with Crippen molar-refractivity contribution in [2.24, 2.45) is 0 Å². The fourth-order valence-electron chi connectivity index (χ4n) is 3.90. The molecule has 4 aromatic carbocycles. The molecule has 0 spiro atoms. The fourth-order valence-corrected chi connectivity index (χ4v) is 3.90. The van der Waals surface area contributed by atoms with Gasteiger partial charge in [-0.2, -0.15) is 0 Å². The molecular formula is C28H26O3. The minimum atomic E-state index is 0.581. The van der Waals surface area contributed by atoms with Crippen LogP contribution >= 0.6 is 0 Å². The molecule has 0 aliphatic rings. The zero-order valence-corrected chi connectivity index (χ0v) is 18.3. The molecule has 0 aliphatic carbocycles. The Morgan fingerprint density at radius 2 is 1.35 bits per heavy atom. The normalized spacial score (nSPS) is 11.4. The van der Waals surface area contributed by atoms with Crippen LogP contribution in [-0.2, 0) is 0 Å². The second-order valence-electron chi connectivity index (χ2n) is 7.38. The topological polar surface area (TPSA) is 27.7 Å². The van der Waals surface area contributed by atoms with Crippen LogP contribution in [0.15, 0.2) is 78.9 Å². The van der Waals surface area contributed by atoms with Crippen LogP contribution < -0.4 is 14.2 Å². The standard InChI is InChI=1S/C28H26O3/c1-19-12-14-20(15-13-19)18-25(23-11-7-9-21-8-5-6-10-22(21)23)24-16-17-26(29-2)28(31-4)27(24)30-3/h5-18H,1-4H3/b25-18+. The van der Waals surface area contributed by atoms with Gasteiger partial charge in [0.1, 0.15) is 0 Å². The molecule has 0 radical (unpaired) electrons. The zero-order valence-electron chi connectivity index (χ0n) is 18.3. The van der Waals surface area contributed by atoms with Gasteiger partial charge < -0.3 is 14.2 Å². The van der Waals surface area contributed by atoms with E-state index in [1.54, 1.807) is 21.3 Å². The number of fused-ring (bicyclic) bond motifs is 1. The molecule has 0 bridgehead atoms. The average Bonchev–Trinajstić information content (AvgIpc) is 2.82. The molecule has 156 valence electrons. The number of hydrogen-bond acceptors (Lipinski definition) is 3. The van der Waals surface area contributed by atoms with Gasteiger partial charge in [0.25, 0.3) is 0 Å². The van der Waals surface area contributed by atoms with Crippen LogP contribution in [0.2, 0.25) is 0 Å². The van der Waals surface area contributed by atoms with Gasteiger partial charge in [-0.25, -0.2) is 0 Å². The van der Waals surface area contributed by atoms with E-state index in [2.05, 4.69) is 79.7 Å². The SMILES string of the molecule is COc1ccc(/C(=C/c2ccc(C)cc2)c2cccc3ccccc23)c(OC)c1OC. The molecule has 3 heteroatoms. The van der Waals surface area contributed by atoms with E-state index in [0.717, 1.165) is 22.3 Å². The summed E-state index contributed by atoms with van der Waals surface area (Å²) in [5.74, 6) is 1.86. The van der Waals surface area contributed by atoms with E-state index in [-0.39, 0.29) is 0 Å². The molecule has 4 rings (SSSR count). The van der Waals surface area contributed by atoms with Crippen LogP contribution in [0.5, 0.6) is 17.2 Å². The average molecular weight is 411 g/mol. The molecule has 3 nitrogen and oxygen atoms in total. The predicted octanol–water partition coefficient (Wildman–Crippen LogP) is 6.76. The van der Waals surface area contributed by atoms with Crippen LogP contribution in [-0.4, -0.2) is 21.3 Å². The van der Waals surface area contributed by atoms with Crippen molar-refractivity contribution >= 4 is 22.4 Å². The Labute approximate surface area is 183 Å². The first kappa shape index (κ1) is 20.5. The first-order valence-electron chi connectivity index (χ1n) is 10.2. The Morgan fingerprint density at radius 1 is 0.645 bits per heavy atom. The Hall–Kier alpha value is -3.72. The summed E-state index contributed by atoms with van der Waals surface area (Å²) in [7, 11) is 4.92. The smallest absolute Gasteiger partial charge is 0.203 e. The van der Waals surface area contributed by atoms with E-state index in [0.29, 0.717) is 17.2 Å². The van der Waals surface area contributed by atoms with E-state index < -0.39 is 0 Å². The molecule has 0 heterocycles. The van der Waals surface area contributed by atoms with Crippen molar-refractivity contribution in [2.45, 2.75) is 6.92 Å². The van der Waals surface area contributed by atoms with Crippen molar-refractivity contribution in [3.05, 3.63) is 101 Å². The second kappa shape index (κ2) is 8.97. The highest BCUT2D eigenvalue weighted by molar-refractivity contribution is 6.04. The van der Waals surface area contributed by atoms with Crippen molar-refractivity contribution in [1.29, 1.82) is 0 Å². The van der Waals surface area contributed by atoms with Gasteiger partial charge in [-0.3, -0.25) is 0 Å². The maximum absolute atomic E-state index is 5.84. The highest BCUT2D eigenvalue weighted by Crippen LogP contribution is 2.45. The van der Waals surface area contributed by atoms with Crippen molar-refractivity contribution in [3.63, 3.8) is 0 Å². The van der Waals surface area contributed by atoms with Gasteiger partial charge in [0.15, 0.2) is 11.5 Å². The van der Waals surface area contributed by atoms with Crippen LogP contribution in [0, 0.1) is 6.92 Å². The first-order valence-corrected chi connectivity index (χ1v) is 10.2. The molecule has 0 aromatic heterocycles. The van der Waals surface area contributed by atoms with Gasteiger partial charge in [0.05, 0.1) is 21.3 Å². The van der Waals surface area contributed by atoms with Gasteiger partial charge in [0, 0.05) is 5.56 Å². The summed E-state index contributed by atoms with van der Waals surface area (Å²) in [4.78, 5) is 0. The number of ether oxygens (including phenoxy) is 3. The molecule has 0 aliphatic heterocycles. The quantitative estimate of drug-likeness (QED) is 0.329. The lowest BCUT2D eigenvalue weighted by Gasteiger charge is -2.19. The van der Waals surface area contributed by atoms with Gasteiger partial charge in [-0.1, -0.05) is 72.3 Å². The minimum Gasteiger partial charge on any atom is -0.493 e. The lowest BCUT2D eigenvalue weighted by molar-refractivity contribution is 0.324. The van der Waals surface area contributed by atoms with Crippen molar-refractivity contribution < 1.29 is 14.2 Å². The van der Waals surface area contributed by atoms with Crippen LogP contribution in [0.25, 0.3) is 22.4 Å². The molecule has 31 heavy (non-hydrogen) atoms. The van der Waals surface area contributed by atoms with E-state index in [1.165, 1.54) is 16.3 Å². The number of methoxy groups -OCH3 is 3. The van der Waals surface area contributed by atoms with E-state index >= 15 is 0 Å². The molecule has 0 unspecified atom stereocenters. The van der Waals surface area contributed by atoms with Crippen molar-refractivity contribution in [1.82, 2.24) is 0 Å². The number of aryl methyl sites for hydroxylation is 1. The summed E-state index contributed by atoms with van der Waals surface area (Å²) < 4.78 is 17.0. The molecular weight excluding hydrogens is 384 g/mol. The summed E-state index contributed by atoms with van der Waals surface area (Å²) in [5, 5.41) is 2.37. The third-order valence-electron chi connectivity index (χ3n) is 5.46. The lowest BCUT2D eigenvalue weighted by Crippen LogP contribution is -2.00. The van der Waals surface area contributed by atoms with Gasteiger partial charge in [0.2, 0.25) is 5.75 Å². The molecule has 0 saturated carbocycles. The van der Waals surface area contributed by atoms with Crippen molar-refractivity contribution in [3.8, 4) is 17.2 Å². The molecule has 4 aromatic rings. The highest BCUT2D eigenvalue weighted by Gasteiger charge is 2.20. The van der Waals surface area contributed by atoms with Crippen LogP contribution in [0.4, 0.5) is 0 Å². The summed E-state index contributed by atoms with van der Waals surface area (Å²) in [6.45, 7) is 2.09. The summed E-state index contributed by atoms with van der Waals surface area (Å²) in [6.07, 6.45) is 2.20. The van der Waals surface area contributed by atoms with Crippen LogP contribution in [0.3, 0.4) is 0 Å². The molecule has 0 fully saturated rings. The van der Waals surface area contributed by atoms with E-state index in [4.69, 9.17) is 14.2 Å². The van der Waals surface area contributed by atoms with Crippen molar-refractivity contribution in [2.75, 3.05) is 21.3 Å². The minimum absolute atomic E-state index is 0.581. The number of benzene rings is 4. The maximum Gasteiger partial charge on any atom is 0.203 e. The first-order chi connectivity index (χ1) is 15.2. The fraction of sp³-hybridized carbons (Fsp3) is 0.143.